The number of hydrogen-bond acceptors (Lipinski definition) is 2. The third kappa shape index (κ3) is 1.87. The minimum atomic E-state index is 0.301. The second-order valence-corrected chi connectivity index (χ2v) is 5.73. The Morgan fingerprint density at radius 1 is 1.38 bits per heavy atom. The smallest absolute Gasteiger partial charge is 0.0496 e. The summed E-state index contributed by atoms with van der Waals surface area (Å²) in [4.78, 5) is 0. The number of nitrogens with one attached hydrogen (secondary N) is 1. The van der Waals surface area contributed by atoms with E-state index in [4.69, 9.17) is 5.84 Å². The lowest BCUT2D eigenvalue weighted by Gasteiger charge is -2.21. The van der Waals surface area contributed by atoms with Gasteiger partial charge in [0.05, 0.1) is 0 Å². The third-order valence-electron chi connectivity index (χ3n) is 4.15. The van der Waals surface area contributed by atoms with Crippen molar-refractivity contribution in [1.29, 1.82) is 0 Å². The molecule has 1 fully saturated rings. The van der Waals surface area contributed by atoms with Gasteiger partial charge >= 0.3 is 0 Å². The Labute approximate surface area is 98.2 Å². The molecule has 2 heteroatoms. The van der Waals surface area contributed by atoms with Gasteiger partial charge < -0.3 is 0 Å². The van der Waals surface area contributed by atoms with Crippen LogP contribution in [0.2, 0.25) is 0 Å². The SMILES string of the molecule is Cc1cccc(C(NN)C2CC2(C)C)c1C. The normalized spacial score (nSPS) is 24.2. The van der Waals surface area contributed by atoms with Gasteiger partial charge in [-0.15, -0.1) is 0 Å². The summed E-state index contributed by atoms with van der Waals surface area (Å²) >= 11 is 0. The summed E-state index contributed by atoms with van der Waals surface area (Å²) in [7, 11) is 0. The Balaban J connectivity index is 2.31. The van der Waals surface area contributed by atoms with Crippen molar-refractivity contribution in [3.8, 4) is 0 Å². The van der Waals surface area contributed by atoms with Crippen molar-refractivity contribution in [3.63, 3.8) is 0 Å². The zero-order chi connectivity index (χ0) is 11.9. The van der Waals surface area contributed by atoms with Crippen molar-refractivity contribution in [2.45, 2.75) is 40.2 Å². The fraction of sp³-hybridized carbons (Fsp3) is 0.571. The first-order chi connectivity index (χ1) is 7.47. The van der Waals surface area contributed by atoms with Crippen LogP contribution in [0.1, 0.15) is 43.0 Å². The standard InChI is InChI=1S/C14H22N2/c1-9-6-5-7-11(10(9)2)13(16-15)12-8-14(12,3)4/h5-7,12-13,16H,8,15H2,1-4H3. The highest BCUT2D eigenvalue weighted by molar-refractivity contribution is 5.36. The largest absolute Gasteiger partial charge is 0.271 e. The number of rotatable bonds is 3. The van der Waals surface area contributed by atoms with E-state index in [2.05, 4.69) is 51.3 Å². The average molecular weight is 218 g/mol. The first-order valence-electron chi connectivity index (χ1n) is 5.99. The van der Waals surface area contributed by atoms with Crippen LogP contribution in [0.5, 0.6) is 0 Å². The van der Waals surface area contributed by atoms with Crippen molar-refractivity contribution in [2.75, 3.05) is 0 Å². The van der Waals surface area contributed by atoms with Crippen LogP contribution in [0.25, 0.3) is 0 Å². The van der Waals surface area contributed by atoms with Gasteiger partial charge in [0.2, 0.25) is 0 Å². The predicted octanol–water partition coefficient (Wildman–Crippen LogP) is 2.85. The van der Waals surface area contributed by atoms with Crippen LogP contribution in [0.15, 0.2) is 18.2 Å². The molecule has 3 N–H and O–H groups in total. The minimum absolute atomic E-state index is 0.301. The highest BCUT2D eigenvalue weighted by atomic mass is 15.2. The molecule has 88 valence electrons. The van der Waals surface area contributed by atoms with Gasteiger partial charge in [0.25, 0.3) is 0 Å². The van der Waals surface area contributed by atoms with Crippen molar-refractivity contribution >= 4 is 0 Å². The maximum atomic E-state index is 5.74. The summed E-state index contributed by atoms with van der Waals surface area (Å²) < 4.78 is 0. The third-order valence-corrected chi connectivity index (χ3v) is 4.15. The minimum Gasteiger partial charge on any atom is -0.271 e. The van der Waals surface area contributed by atoms with Crippen molar-refractivity contribution < 1.29 is 0 Å². The molecular weight excluding hydrogens is 196 g/mol. The Morgan fingerprint density at radius 2 is 2.00 bits per heavy atom. The van der Waals surface area contributed by atoms with Gasteiger partial charge in [0, 0.05) is 6.04 Å². The van der Waals surface area contributed by atoms with Gasteiger partial charge in [0.1, 0.15) is 0 Å². The maximum Gasteiger partial charge on any atom is 0.0496 e. The second kappa shape index (κ2) is 3.86. The molecular formula is C14H22N2. The zero-order valence-corrected chi connectivity index (χ0v) is 10.7. The molecule has 2 rings (SSSR count). The molecule has 2 atom stereocenters. The van der Waals surface area contributed by atoms with Crippen LogP contribution in [0, 0.1) is 25.2 Å². The number of benzene rings is 1. The Kier molecular flexibility index (Phi) is 2.81. The van der Waals surface area contributed by atoms with E-state index in [1.807, 2.05) is 0 Å². The molecule has 0 amide bonds. The molecule has 1 saturated carbocycles. The monoisotopic (exact) mass is 218 g/mol. The summed E-state index contributed by atoms with van der Waals surface area (Å²) in [5.41, 5.74) is 7.51. The van der Waals surface area contributed by atoms with Crippen LogP contribution in [-0.2, 0) is 0 Å². The van der Waals surface area contributed by atoms with Gasteiger partial charge in [-0.2, -0.15) is 0 Å². The zero-order valence-electron chi connectivity index (χ0n) is 10.7. The first-order valence-corrected chi connectivity index (χ1v) is 5.99. The molecule has 0 aromatic heterocycles. The van der Waals surface area contributed by atoms with Gasteiger partial charge in [-0.3, -0.25) is 11.3 Å². The lowest BCUT2D eigenvalue weighted by atomic mass is 9.92. The molecule has 0 aliphatic heterocycles. The predicted molar refractivity (Wildman–Crippen MR) is 67.9 cm³/mol. The highest BCUT2D eigenvalue weighted by Gasteiger charge is 2.50. The highest BCUT2D eigenvalue weighted by Crippen LogP contribution is 2.57. The molecule has 0 heterocycles. The van der Waals surface area contributed by atoms with Gasteiger partial charge in [0.15, 0.2) is 0 Å². The molecule has 0 saturated heterocycles. The molecule has 1 aromatic rings. The average Bonchev–Trinajstić information content (AvgIpc) is 2.83. The second-order valence-electron chi connectivity index (χ2n) is 5.73. The van der Waals surface area contributed by atoms with E-state index in [0.29, 0.717) is 17.4 Å². The summed E-state index contributed by atoms with van der Waals surface area (Å²) in [6, 6.07) is 6.78. The van der Waals surface area contributed by atoms with Crippen molar-refractivity contribution in [2.24, 2.45) is 17.2 Å². The first kappa shape index (κ1) is 11.6. The molecule has 0 bridgehead atoms. The van der Waals surface area contributed by atoms with E-state index in [1.54, 1.807) is 0 Å². The van der Waals surface area contributed by atoms with Gasteiger partial charge in [-0.1, -0.05) is 32.0 Å². The summed E-state index contributed by atoms with van der Waals surface area (Å²) in [6.45, 7) is 8.97. The summed E-state index contributed by atoms with van der Waals surface area (Å²) in [6.07, 6.45) is 1.26. The van der Waals surface area contributed by atoms with E-state index >= 15 is 0 Å². The molecule has 1 aromatic carbocycles. The van der Waals surface area contributed by atoms with Crippen molar-refractivity contribution in [3.05, 3.63) is 34.9 Å². The molecule has 0 spiro atoms. The molecule has 16 heavy (non-hydrogen) atoms. The molecule has 1 aliphatic rings. The fourth-order valence-electron chi connectivity index (χ4n) is 2.61. The number of hydrazine groups is 1. The van der Waals surface area contributed by atoms with E-state index in [1.165, 1.54) is 23.1 Å². The molecule has 0 radical (unpaired) electrons. The fourth-order valence-corrected chi connectivity index (χ4v) is 2.61. The molecule has 1 aliphatic carbocycles. The van der Waals surface area contributed by atoms with Gasteiger partial charge in [-0.05, 0) is 48.3 Å². The molecule has 2 unspecified atom stereocenters. The van der Waals surface area contributed by atoms with E-state index < -0.39 is 0 Å². The van der Waals surface area contributed by atoms with Crippen molar-refractivity contribution in [1.82, 2.24) is 5.43 Å². The van der Waals surface area contributed by atoms with Crippen LogP contribution < -0.4 is 11.3 Å². The number of nitrogens with two attached hydrogens (primary N) is 1. The van der Waals surface area contributed by atoms with Crippen LogP contribution in [0.3, 0.4) is 0 Å². The van der Waals surface area contributed by atoms with Crippen LogP contribution in [-0.4, -0.2) is 0 Å². The maximum absolute atomic E-state index is 5.74. The van der Waals surface area contributed by atoms with E-state index in [0.717, 1.165) is 0 Å². The summed E-state index contributed by atoms with van der Waals surface area (Å²) in [5, 5.41) is 0. The Hall–Kier alpha value is -0.860. The lowest BCUT2D eigenvalue weighted by Crippen LogP contribution is -2.31. The van der Waals surface area contributed by atoms with E-state index in [-0.39, 0.29) is 0 Å². The quantitative estimate of drug-likeness (QED) is 0.605. The number of hydrogen-bond donors (Lipinski definition) is 2. The molecule has 2 nitrogen and oxygen atoms in total. The van der Waals surface area contributed by atoms with Crippen LogP contribution >= 0.6 is 0 Å². The van der Waals surface area contributed by atoms with Crippen LogP contribution in [0.4, 0.5) is 0 Å². The topological polar surface area (TPSA) is 38.0 Å². The Bertz CT molecular complexity index is 396. The Morgan fingerprint density at radius 3 is 2.50 bits per heavy atom. The lowest BCUT2D eigenvalue weighted by molar-refractivity contribution is 0.421. The number of aryl methyl sites for hydroxylation is 1. The van der Waals surface area contributed by atoms with E-state index in [9.17, 15) is 0 Å². The van der Waals surface area contributed by atoms with Gasteiger partial charge in [-0.25, -0.2) is 0 Å². The summed E-state index contributed by atoms with van der Waals surface area (Å²) in [5.74, 6) is 6.40.